The molecule has 1 unspecified atom stereocenters. The molecule has 3 rings (SSSR count). The van der Waals surface area contributed by atoms with Crippen molar-refractivity contribution in [1.29, 1.82) is 0 Å². The molecule has 2 aromatic rings. The highest BCUT2D eigenvalue weighted by Gasteiger charge is 2.35. The van der Waals surface area contributed by atoms with Crippen LogP contribution in [-0.2, 0) is 10.0 Å². The van der Waals surface area contributed by atoms with Crippen LogP contribution in [0, 0.1) is 20.8 Å². The number of anilines is 1. The number of sulfonamides is 1. The third-order valence-corrected chi connectivity index (χ3v) is 8.01. The number of halogens is 1. The zero-order chi connectivity index (χ0) is 21.3. The van der Waals surface area contributed by atoms with E-state index in [1.807, 2.05) is 32.9 Å². The fourth-order valence-corrected chi connectivity index (χ4v) is 6.19. The highest BCUT2D eigenvalue weighted by Crippen LogP contribution is 2.48. The fraction of sp³-hybridized carbons (Fsp3) is 0.364. The first-order chi connectivity index (χ1) is 13.7. The summed E-state index contributed by atoms with van der Waals surface area (Å²) in [6, 6.07) is 6.51. The van der Waals surface area contributed by atoms with Gasteiger partial charge in [-0.25, -0.2) is 8.42 Å². The number of benzene rings is 2. The van der Waals surface area contributed by atoms with E-state index in [-0.39, 0.29) is 16.7 Å². The maximum Gasteiger partial charge on any atom is 0.264 e. The molecule has 0 bridgehead atoms. The van der Waals surface area contributed by atoms with Crippen LogP contribution in [0.3, 0.4) is 0 Å². The Morgan fingerprint density at radius 2 is 1.79 bits per heavy atom. The first kappa shape index (κ1) is 21.7. The largest absolute Gasteiger partial charge is 0.503 e. The molecule has 7 heteroatoms. The molecule has 1 N–H and O–H groups in total. The molecular weight excluding hydrogens is 454 g/mol. The number of phenols is 1. The van der Waals surface area contributed by atoms with E-state index in [0.29, 0.717) is 27.9 Å². The molecule has 0 saturated carbocycles. The van der Waals surface area contributed by atoms with Gasteiger partial charge in [0.1, 0.15) is 0 Å². The van der Waals surface area contributed by atoms with Gasteiger partial charge in [-0.1, -0.05) is 29.8 Å². The highest BCUT2D eigenvalue weighted by atomic mass is 79.9. The number of hydrogen-bond donors (Lipinski definition) is 1. The lowest BCUT2D eigenvalue weighted by atomic mass is 10.0. The molecule has 1 aliphatic carbocycles. The number of rotatable bonds is 5. The number of methoxy groups -OCH3 is 1. The minimum absolute atomic E-state index is 0.102. The molecule has 1 atom stereocenters. The highest BCUT2D eigenvalue weighted by molar-refractivity contribution is 9.10. The Labute approximate surface area is 181 Å². The van der Waals surface area contributed by atoms with E-state index in [4.69, 9.17) is 4.74 Å². The van der Waals surface area contributed by atoms with Crippen LogP contribution in [0.1, 0.15) is 36.0 Å². The fourth-order valence-electron chi connectivity index (χ4n) is 3.69. The lowest BCUT2D eigenvalue weighted by molar-refractivity contribution is 0.369. The number of aromatic hydroxyl groups is 1. The first-order valence-electron chi connectivity index (χ1n) is 9.53. The van der Waals surface area contributed by atoms with Gasteiger partial charge in [0.2, 0.25) is 0 Å². The van der Waals surface area contributed by atoms with E-state index in [1.54, 1.807) is 24.3 Å². The lowest BCUT2D eigenvalue weighted by Gasteiger charge is -2.35. The summed E-state index contributed by atoms with van der Waals surface area (Å²) in [5, 5.41) is 10.7. The minimum Gasteiger partial charge on any atom is -0.503 e. The molecule has 0 spiro atoms. The van der Waals surface area contributed by atoms with E-state index in [0.717, 1.165) is 24.0 Å². The monoisotopic (exact) mass is 479 g/mol. The van der Waals surface area contributed by atoms with Crippen molar-refractivity contribution in [3.05, 3.63) is 57.6 Å². The summed E-state index contributed by atoms with van der Waals surface area (Å²) in [5.41, 5.74) is 2.87. The van der Waals surface area contributed by atoms with Gasteiger partial charge in [0, 0.05) is 0 Å². The predicted octanol–water partition coefficient (Wildman–Crippen LogP) is 5.39. The molecule has 1 aliphatic rings. The van der Waals surface area contributed by atoms with Crippen LogP contribution in [0.4, 0.5) is 5.69 Å². The summed E-state index contributed by atoms with van der Waals surface area (Å²) in [4.78, 5) is 0.223. The van der Waals surface area contributed by atoms with E-state index in [9.17, 15) is 13.5 Å². The molecule has 5 nitrogen and oxygen atoms in total. The van der Waals surface area contributed by atoms with Gasteiger partial charge in [-0.15, -0.1) is 0 Å². The molecule has 0 aromatic heterocycles. The molecule has 29 heavy (non-hydrogen) atoms. The molecule has 0 saturated heterocycles. The average molecular weight is 480 g/mol. The van der Waals surface area contributed by atoms with Crippen molar-refractivity contribution in [1.82, 2.24) is 0 Å². The normalized spacial score (nSPS) is 16.7. The van der Waals surface area contributed by atoms with Crippen molar-refractivity contribution in [3.63, 3.8) is 0 Å². The van der Waals surface area contributed by atoms with Crippen LogP contribution >= 0.6 is 15.9 Å². The quantitative estimate of drug-likeness (QED) is 0.583. The summed E-state index contributed by atoms with van der Waals surface area (Å²) in [7, 11) is -2.38. The topological polar surface area (TPSA) is 66.8 Å². The van der Waals surface area contributed by atoms with Gasteiger partial charge in [-0.05, 0) is 79.2 Å². The number of ether oxygens (including phenoxy) is 1. The molecule has 156 valence electrons. The molecule has 0 radical (unpaired) electrons. The summed E-state index contributed by atoms with van der Waals surface area (Å²) in [6.45, 7) is 5.59. The number of allylic oxidation sites excluding steroid dienone is 1. The Kier molecular flexibility index (Phi) is 6.29. The van der Waals surface area contributed by atoms with Crippen molar-refractivity contribution in [2.45, 2.75) is 51.0 Å². The number of aryl methyl sites for hydroxylation is 1. The van der Waals surface area contributed by atoms with Gasteiger partial charge in [-0.2, -0.15) is 0 Å². The van der Waals surface area contributed by atoms with E-state index in [2.05, 4.69) is 15.9 Å². The van der Waals surface area contributed by atoms with Gasteiger partial charge in [0.25, 0.3) is 10.0 Å². The smallest absolute Gasteiger partial charge is 0.264 e. The molecule has 0 heterocycles. The minimum atomic E-state index is -3.87. The van der Waals surface area contributed by atoms with Crippen LogP contribution in [0.15, 0.2) is 45.8 Å². The van der Waals surface area contributed by atoms with Crippen molar-refractivity contribution in [2.24, 2.45) is 0 Å². The van der Waals surface area contributed by atoms with E-state index >= 15 is 0 Å². The van der Waals surface area contributed by atoms with Gasteiger partial charge in [-0.3, -0.25) is 4.31 Å². The summed E-state index contributed by atoms with van der Waals surface area (Å²) in [5.74, 6) is 0.236. The molecule has 2 aromatic carbocycles. The zero-order valence-corrected chi connectivity index (χ0v) is 19.5. The molecule has 0 amide bonds. The van der Waals surface area contributed by atoms with Crippen molar-refractivity contribution >= 4 is 31.6 Å². The lowest BCUT2D eigenvalue weighted by Crippen LogP contribution is -2.41. The number of hydrogen-bond acceptors (Lipinski definition) is 4. The Morgan fingerprint density at radius 1 is 1.14 bits per heavy atom. The second kappa shape index (κ2) is 8.40. The Bertz CT molecular complexity index is 1020. The van der Waals surface area contributed by atoms with Crippen molar-refractivity contribution < 1.29 is 18.3 Å². The molecule has 0 fully saturated rings. The second-order valence-corrected chi connectivity index (χ2v) is 9.94. The van der Waals surface area contributed by atoms with Crippen LogP contribution in [0.25, 0.3) is 0 Å². The van der Waals surface area contributed by atoms with Crippen LogP contribution in [-0.4, -0.2) is 26.7 Å². The van der Waals surface area contributed by atoms with E-state index in [1.165, 1.54) is 11.4 Å². The Morgan fingerprint density at radius 3 is 2.34 bits per heavy atom. The summed E-state index contributed by atoms with van der Waals surface area (Å²) < 4.78 is 34.7. The molecular formula is C22H26BrNO4S. The van der Waals surface area contributed by atoms with Gasteiger partial charge in [0.05, 0.1) is 28.2 Å². The number of nitrogens with zero attached hydrogens (tertiary/aromatic N) is 1. The second-order valence-electron chi connectivity index (χ2n) is 7.33. The summed E-state index contributed by atoms with van der Waals surface area (Å²) >= 11 is 3.44. The van der Waals surface area contributed by atoms with Crippen LogP contribution < -0.4 is 9.04 Å². The third-order valence-electron chi connectivity index (χ3n) is 5.42. The van der Waals surface area contributed by atoms with Gasteiger partial charge < -0.3 is 9.84 Å². The SMILES string of the molecule is COc1c(C)c(C)c(N(C2C=CCCC2)S(=O)(=O)c2ccc(C)cc2)c(Br)c1O. The third kappa shape index (κ3) is 3.90. The van der Waals surface area contributed by atoms with Crippen LogP contribution in [0.5, 0.6) is 11.5 Å². The summed E-state index contributed by atoms with van der Waals surface area (Å²) in [6.07, 6.45) is 6.50. The predicted molar refractivity (Wildman–Crippen MR) is 119 cm³/mol. The first-order valence-corrected chi connectivity index (χ1v) is 11.8. The zero-order valence-electron chi connectivity index (χ0n) is 17.1. The Balaban J connectivity index is 2.30. The van der Waals surface area contributed by atoms with Crippen molar-refractivity contribution in [3.8, 4) is 11.5 Å². The number of phenolic OH excluding ortho intramolecular Hbond substituents is 1. The van der Waals surface area contributed by atoms with Gasteiger partial charge >= 0.3 is 0 Å². The van der Waals surface area contributed by atoms with Crippen LogP contribution in [0.2, 0.25) is 0 Å². The van der Waals surface area contributed by atoms with E-state index < -0.39 is 10.0 Å². The standard InChI is InChI=1S/C22H26BrNO4S/c1-14-10-12-18(13-11-14)29(26,27)24(17-8-6-5-7-9-17)20-15(2)16(3)22(28-4)21(25)19(20)23/h6,8,10-13,17,25H,5,7,9H2,1-4H3. The Hall–Kier alpha value is -1.99. The average Bonchev–Trinajstić information content (AvgIpc) is 2.71. The van der Waals surface area contributed by atoms with Gasteiger partial charge in [0.15, 0.2) is 11.5 Å². The maximum atomic E-state index is 13.8. The maximum absolute atomic E-state index is 13.8. The van der Waals surface area contributed by atoms with Crippen molar-refractivity contribution in [2.75, 3.05) is 11.4 Å². The molecule has 0 aliphatic heterocycles.